The third kappa shape index (κ3) is 3.95. The number of nitrogens with zero attached hydrogens (tertiary/aromatic N) is 3. The van der Waals surface area contributed by atoms with E-state index in [1.54, 1.807) is 0 Å². The highest BCUT2D eigenvalue weighted by Gasteiger charge is 2.16. The molecule has 1 N–H and O–H groups in total. The van der Waals surface area contributed by atoms with Gasteiger partial charge in [-0.1, -0.05) is 41.9 Å². The van der Waals surface area contributed by atoms with Crippen molar-refractivity contribution in [2.75, 3.05) is 36.5 Å². The summed E-state index contributed by atoms with van der Waals surface area (Å²) in [4.78, 5) is 11.7. The van der Waals surface area contributed by atoms with Crippen LogP contribution in [0.5, 0.6) is 0 Å². The molecule has 6 heteroatoms. The second-order valence-electron chi connectivity index (χ2n) is 6.03. The second kappa shape index (κ2) is 7.72. The van der Waals surface area contributed by atoms with Gasteiger partial charge in [0.25, 0.3) is 0 Å². The van der Waals surface area contributed by atoms with Crippen LogP contribution in [0.15, 0.2) is 60.7 Å². The normalized spacial score (nSPS) is 14.3. The average molecular weight is 367 g/mol. The van der Waals surface area contributed by atoms with Gasteiger partial charge in [0.2, 0.25) is 0 Å². The van der Waals surface area contributed by atoms with Gasteiger partial charge in [-0.3, -0.25) is 0 Å². The molecule has 0 aliphatic carbocycles. The van der Waals surface area contributed by atoms with E-state index in [2.05, 4.69) is 10.2 Å². The van der Waals surface area contributed by atoms with Crippen LogP contribution in [0.2, 0.25) is 5.02 Å². The van der Waals surface area contributed by atoms with Crippen LogP contribution in [-0.4, -0.2) is 36.3 Å². The van der Waals surface area contributed by atoms with Gasteiger partial charge in [0.1, 0.15) is 11.6 Å². The Labute approximate surface area is 157 Å². The van der Waals surface area contributed by atoms with Crippen LogP contribution in [0.4, 0.5) is 17.3 Å². The van der Waals surface area contributed by atoms with Crippen LogP contribution in [0, 0.1) is 0 Å². The minimum atomic E-state index is 0.700. The molecule has 0 spiro atoms. The predicted molar refractivity (Wildman–Crippen MR) is 105 cm³/mol. The Balaban J connectivity index is 1.70. The van der Waals surface area contributed by atoms with Gasteiger partial charge in [-0.05, 0) is 24.3 Å². The van der Waals surface area contributed by atoms with E-state index < -0.39 is 0 Å². The van der Waals surface area contributed by atoms with E-state index in [0.717, 1.165) is 36.0 Å². The van der Waals surface area contributed by atoms with Crippen molar-refractivity contribution >= 4 is 28.9 Å². The number of aromatic nitrogens is 2. The summed E-state index contributed by atoms with van der Waals surface area (Å²) < 4.78 is 5.46. The Morgan fingerprint density at radius 2 is 1.65 bits per heavy atom. The highest BCUT2D eigenvalue weighted by Crippen LogP contribution is 2.25. The maximum atomic E-state index is 5.97. The molecule has 132 valence electrons. The smallest absolute Gasteiger partial charge is 0.163 e. The van der Waals surface area contributed by atoms with Gasteiger partial charge in [0.15, 0.2) is 5.82 Å². The lowest BCUT2D eigenvalue weighted by molar-refractivity contribution is 0.122. The second-order valence-corrected chi connectivity index (χ2v) is 6.47. The Morgan fingerprint density at radius 3 is 2.38 bits per heavy atom. The fraction of sp³-hybridized carbons (Fsp3) is 0.200. The van der Waals surface area contributed by atoms with Gasteiger partial charge in [-0.2, -0.15) is 0 Å². The summed E-state index contributed by atoms with van der Waals surface area (Å²) in [6.07, 6.45) is 0. The number of hydrogen-bond donors (Lipinski definition) is 1. The Bertz CT molecular complexity index is 865. The van der Waals surface area contributed by atoms with Crippen molar-refractivity contribution in [3.8, 4) is 11.4 Å². The molecule has 2 aromatic carbocycles. The molecule has 2 heterocycles. The van der Waals surface area contributed by atoms with Crippen LogP contribution in [-0.2, 0) is 4.74 Å². The topological polar surface area (TPSA) is 50.3 Å². The van der Waals surface area contributed by atoms with Crippen molar-refractivity contribution in [2.45, 2.75) is 0 Å². The number of anilines is 3. The number of nitrogens with one attached hydrogen (secondary N) is 1. The first kappa shape index (κ1) is 16.8. The lowest BCUT2D eigenvalue weighted by atomic mass is 10.2. The van der Waals surface area contributed by atoms with E-state index in [1.807, 2.05) is 60.7 Å². The standard InChI is InChI=1S/C20H19ClN4O/c21-16-6-8-17(9-7-16)22-18-14-19(25-10-12-26-13-11-25)24-20(23-18)15-4-2-1-3-5-15/h1-9,14H,10-13H2,(H,22,23,24). The van der Waals surface area contributed by atoms with Crippen molar-refractivity contribution in [2.24, 2.45) is 0 Å². The summed E-state index contributed by atoms with van der Waals surface area (Å²) in [5, 5.41) is 4.06. The van der Waals surface area contributed by atoms with Gasteiger partial charge in [0, 0.05) is 35.4 Å². The third-order valence-electron chi connectivity index (χ3n) is 4.20. The van der Waals surface area contributed by atoms with Crippen LogP contribution in [0.3, 0.4) is 0 Å². The van der Waals surface area contributed by atoms with Gasteiger partial charge in [-0.15, -0.1) is 0 Å². The number of morpholine rings is 1. The number of ether oxygens (including phenoxy) is 1. The van der Waals surface area contributed by atoms with E-state index in [4.69, 9.17) is 26.3 Å². The van der Waals surface area contributed by atoms with E-state index >= 15 is 0 Å². The zero-order valence-corrected chi connectivity index (χ0v) is 15.0. The molecule has 4 rings (SSSR count). The fourth-order valence-corrected chi connectivity index (χ4v) is 2.98. The maximum absolute atomic E-state index is 5.97. The molecule has 1 saturated heterocycles. The highest BCUT2D eigenvalue weighted by atomic mass is 35.5. The van der Waals surface area contributed by atoms with E-state index in [9.17, 15) is 0 Å². The Morgan fingerprint density at radius 1 is 0.923 bits per heavy atom. The molecule has 0 saturated carbocycles. The van der Waals surface area contributed by atoms with Crippen molar-refractivity contribution in [3.63, 3.8) is 0 Å². The first-order valence-corrected chi connectivity index (χ1v) is 8.95. The van der Waals surface area contributed by atoms with Crippen LogP contribution >= 0.6 is 11.6 Å². The third-order valence-corrected chi connectivity index (χ3v) is 4.45. The monoisotopic (exact) mass is 366 g/mol. The minimum Gasteiger partial charge on any atom is -0.378 e. The number of hydrogen-bond acceptors (Lipinski definition) is 5. The van der Waals surface area contributed by atoms with E-state index in [0.29, 0.717) is 24.1 Å². The molecule has 0 bridgehead atoms. The summed E-state index contributed by atoms with van der Waals surface area (Å²) in [6.45, 7) is 3.08. The maximum Gasteiger partial charge on any atom is 0.163 e. The molecule has 1 aliphatic rings. The number of halogens is 1. The molecule has 0 amide bonds. The van der Waals surface area contributed by atoms with Crippen molar-refractivity contribution in [1.29, 1.82) is 0 Å². The zero-order valence-electron chi connectivity index (χ0n) is 14.2. The minimum absolute atomic E-state index is 0.700. The summed E-state index contributed by atoms with van der Waals surface area (Å²) in [7, 11) is 0. The predicted octanol–water partition coefficient (Wildman–Crippen LogP) is 4.38. The molecule has 1 aromatic heterocycles. The van der Waals surface area contributed by atoms with Crippen LogP contribution in [0.1, 0.15) is 0 Å². The van der Waals surface area contributed by atoms with Gasteiger partial charge in [0.05, 0.1) is 13.2 Å². The first-order valence-electron chi connectivity index (χ1n) is 8.58. The lowest BCUT2D eigenvalue weighted by Gasteiger charge is -2.28. The summed E-state index contributed by atoms with van der Waals surface area (Å²) in [5.74, 6) is 2.35. The van der Waals surface area contributed by atoms with Crippen LogP contribution < -0.4 is 10.2 Å². The molecule has 3 aromatic rings. The van der Waals surface area contributed by atoms with Crippen LogP contribution in [0.25, 0.3) is 11.4 Å². The fourth-order valence-electron chi connectivity index (χ4n) is 2.85. The van der Waals surface area contributed by atoms with E-state index in [-0.39, 0.29) is 0 Å². The van der Waals surface area contributed by atoms with E-state index in [1.165, 1.54) is 0 Å². The molecule has 1 aliphatic heterocycles. The Kier molecular flexibility index (Phi) is 5.00. The Hall–Kier alpha value is -2.63. The number of rotatable bonds is 4. The van der Waals surface area contributed by atoms with Crippen molar-refractivity contribution in [1.82, 2.24) is 9.97 Å². The quantitative estimate of drug-likeness (QED) is 0.742. The van der Waals surface area contributed by atoms with Gasteiger partial charge < -0.3 is 15.0 Å². The molecule has 5 nitrogen and oxygen atoms in total. The molecule has 26 heavy (non-hydrogen) atoms. The summed E-state index contributed by atoms with van der Waals surface area (Å²) in [6, 6.07) is 19.6. The zero-order chi connectivity index (χ0) is 17.8. The average Bonchev–Trinajstić information content (AvgIpc) is 2.71. The molecule has 0 atom stereocenters. The molecular weight excluding hydrogens is 348 g/mol. The summed E-state index contributed by atoms with van der Waals surface area (Å²) >= 11 is 5.97. The largest absolute Gasteiger partial charge is 0.378 e. The number of benzene rings is 2. The first-order chi connectivity index (χ1) is 12.8. The summed E-state index contributed by atoms with van der Waals surface area (Å²) in [5.41, 5.74) is 1.92. The van der Waals surface area contributed by atoms with Crippen molar-refractivity contribution < 1.29 is 4.74 Å². The molecule has 1 fully saturated rings. The van der Waals surface area contributed by atoms with Crippen molar-refractivity contribution in [3.05, 3.63) is 65.7 Å². The van der Waals surface area contributed by atoms with Gasteiger partial charge in [-0.25, -0.2) is 9.97 Å². The molecule has 0 radical (unpaired) electrons. The highest BCUT2D eigenvalue weighted by molar-refractivity contribution is 6.30. The molecular formula is C20H19ClN4O. The SMILES string of the molecule is Clc1ccc(Nc2cc(N3CCOCC3)nc(-c3ccccc3)n2)cc1. The molecule has 0 unspecified atom stereocenters. The van der Waals surface area contributed by atoms with Gasteiger partial charge >= 0.3 is 0 Å². The lowest BCUT2D eigenvalue weighted by Crippen LogP contribution is -2.36.